The molecule has 120 valence electrons. The van der Waals surface area contributed by atoms with E-state index in [1.807, 2.05) is 35.8 Å². The molecule has 1 fully saturated rings. The first-order chi connectivity index (χ1) is 11.6. The molecule has 1 aliphatic rings. The number of hydrogen-bond acceptors (Lipinski definition) is 3. The molecule has 4 rings (SSSR count). The first kappa shape index (κ1) is 14.9. The Bertz CT molecular complexity index is 962. The van der Waals surface area contributed by atoms with Crippen LogP contribution >= 0.6 is 11.6 Å². The number of amides is 2. The van der Waals surface area contributed by atoms with Crippen molar-refractivity contribution in [3.05, 3.63) is 59.4 Å². The lowest BCUT2D eigenvalue weighted by Gasteiger charge is -2.16. The zero-order chi connectivity index (χ0) is 16.8. The maximum absolute atomic E-state index is 12.9. The summed E-state index contributed by atoms with van der Waals surface area (Å²) in [5, 5.41) is 0.561. The standard InChI is InChI=1S/C18H14ClN3O2/c1-11-20-14-4-2-3-5-15(14)21(11)16-10-17(23)22(18(16)24)13-8-6-12(19)7-9-13/h2-9,16H,10H2,1H3. The molecular weight excluding hydrogens is 326 g/mol. The molecule has 2 heterocycles. The molecule has 3 aromatic rings. The second kappa shape index (κ2) is 5.46. The van der Waals surface area contributed by atoms with Crippen LogP contribution < -0.4 is 4.90 Å². The SMILES string of the molecule is Cc1nc2ccccc2n1C1CC(=O)N(c2ccc(Cl)cc2)C1=O. The van der Waals surface area contributed by atoms with Crippen molar-refractivity contribution in [3.63, 3.8) is 0 Å². The normalized spacial score (nSPS) is 17.9. The molecule has 6 heteroatoms. The maximum Gasteiger partial charge on any atom is 0.257 e. The highest BCUT2D eigenvalue weighted by molar-refractivity contribution is 6.30. The van der Waals surface area contributed by atoms with Gasteiger partial charge in [-0.05, 0) is 43.3 Å². The van der Waals surface area contributed by atoms with Gasteiger partial charge in [-0.3, -0.25) is 9.59 Å². The van der Waals surface area contributed by atoms with E-state index >= 15 is 0 Å². The van der Waals surface area contributed by atoms with E-state index in [-0.39, 0.29) is 18.2 Å². The summed E-state index contributed by atoms with van der Waals surface area (Å²) in [7, 11) is 0. The first-order valence-electron chi connectivity index (χ1n) is 7.62. The summed E-state index contributed by atoms with van der Waals surface area (Å²) in [5.41, 5.74) is 2.22. The number of rotatable bonds is 2. The van der Waals surface area contributed by atoms with E-state index in [0.717, 1.165) is 16.9 Å². The lowest BCUT2D eigenvalue weighted by molar-refractivity contribution is -0.122. The number of aryl methyl sites for hydroxylation is 1. The molecule has 1 atom stereocenters. The number of para-hydroxylation sites is 2. The number of aromatic nitrogens is 2. The molecule has 0 N–H and O–H groups in total. The van der Waals surface area contributed by atoms with Gasteiger partial charge < -0.3 is 4.57 Å². The van der Waals surface area contributed by atoms with Crippen LogP contribution in [0.4, 0.5) is 5.69 Å². The van der Waals surface area contributed by atoms with Crippen molar-refractivity contribution in [3.8, 4) is 0 Å². The summed E-state index contributed by atoms with van der Waals surface area (Å²) in [4.78, 5) is 31.1. The van der Waals surface area contributed by atoms with Gasteiger partial charge in [0.2, 0.25) is 5.91 Å². The molecule has 0 bridgehead atoms. The van der Waals surface area contributed by atoms with Gasteiger partial charge in [0.05, 0.1) is 23.1 Å². The van der Waals surface area contributed by atoms with Crippen molar-refractivity contribution in [1.82, 2.24) is 9.55 Å². The van der Waals surface area contributed by atoms with E-state index in [1.54, 1.807) is 24.3 Å². The molecule has 1 aromatic heterocycles. The second-order valence-electron chi connectivity index (χ2n) is 5.78. The molecule has 5 nitrogen and oxygen atoms in total. The number of halogens is 1. The summed E-state index contributed by atoms with van der Waals surface area (Å²) < 4.78 is 1.85. The smallest absolute Gasteiger partial charge is 0.257 e. The number of imide groups is 1. The number of nitrogens with zero attached hydrogens (tertiary/aromatic N) is 3. The van der Waals surface area contributed by atoms with E-state index in [0.29, 0.717) is 10.7 Å². The predicted octanol–water partition coefficient (Wildman–Crippen LogP) is 3.50. The molecule has 0 spiro atoms. The van der Waals surface area contributed by atoms with Crippen LogP contribution in [0.1, 0.15) is 18.3 Å². The molecule has 24 heavy (non-hydrogen) atoms. The molecular formula is C18H14ClN3O2. The number of fused-ring (bicyclic) bond motifs is 1. The second-order valence-corrected chi connectivity index (χ2v) is 6.22. The molecule has 0 saturated carbocycles. The van der Waals surface area contributed by atoms with E-state index in [2.05, 4.69) is 4.98 Å². The van der Waals surface area contributed by atoms with Gasteiger partial charge in [-0.1, -0.05) is 23.7 Å². The van der Waals surface area contributed by atoms with Crippen LogP contribution in [0.2, 0.25) is 5.02 Å². The molecule has 1 unspecified atom stereocenters. The van der Waals surface area contributed by atoms with Gasteiger partial charge in [0, 0.05) is 5.02 Å². The fourth-order valence-electron chi connectivity index (χ4n) is 3.24. The third-order valence-corrected chi connectivity index (χ3v) is 4.54. The molecule has 1 saturated heterocycles. The minimum atomic E-state index is -0.569. The van der Waals surface area contributed by atoms with E-state index < -0.39 is 6.04 Å². The Morgan fingerprint density at radius 1 is 1.08 bits per heavy atom. The minimum absolute atomic E-state index is 0.128. The Morgan fingerprint density at radius 3 is 2.54 bits per heavy atom. The van der Waals surface area contributed by atoms with Crippen LogP contribution in [0.15, 0.2) is 48.5 Å². The van der Waals surface area contributed by atoms with Gasteiger partial charge in [-0.15, -0.1) is 0 Å². The van der Waals surface area contributed by atoms with Gasteiger partial charge in [-0.25, -0.2) is 9.88 Å². The Hall–Kier alpha value is -2.66. The van der Waals surface area contributed by atoms with Crippen LogP contribution in [0, 0.1) is 6.92 Å². The maximum atomic E-state index is 12.9. The molecule has 1 aliphatic heterocycles. The van der Waals surface area contributed by atoms with Crippen molar-refractivity contribution < 1.29 is 9.59 Å². The number of carbonyl (C=O) groups excluding carboxylic acids is 2. The Morgan fingerprint density at radius 2 is 1.79 bits per heavy atom. The van der Waals surface area contributed by atoms with E-state index in [9.17, 15) is 9.59 Å². The lowest BCUT2D eigenvalue weighted by atomic mass is 10.2. The number of hydrogen-bond donors (Lipinski definition) is 0. The quantitative estimate of drug-likeness (QED) is 0.671. The highest BCUT2D eigenvalue weighted by Crippen LogP contribution is 2.33. The Labute approximate surface area is 143 Å². The fraction of sp³-hybridized carbons (Fsp3) is 0.167. The highest BCUT2D eigenvalue weighted by atomic mass is 35.5. The van der Waals surface area contributed by atoms with Gasteiger partial charge in [-0.2, -0.15) is 0 Å². The summed E-state index contributed by atoms with van der Waals surface area (Å²) in [6.07, 6.45) is 0.128. The summed E-state index contributed by atoms with van der Waals surface area (Å²) >= 11 is 5.89. The monoisotopic (exact) mass is 339 g/mol. The summed E-state index contributed by atoms with van der Waals surface area (Å²) in [6, 6.07) is 13.7. The zero-order valence-corrected chi connectivity index (χ0v) is 13.7. The summed E-state index contributed by atoms with van der Waals surface area (Å²) in [5.74, 6) is 0.262. The Kier molecular flexibility index (Phi) is 3.39. The van der Waals surface area contributed by atoms with Crippen molar-refractivity contribution in [2.24, 2.45) is 0 Å². The minimum Gasteiger partial charge on any atom is -0.315 e. The number of carbonyl (C=O) groups is 2. The topological polar surface area (TPSA) is 55.2 Å². The average Bonchev–Trinajstić information content (AvgIpc) is 3.04. The third-order valence-electron chi connectivity index (χ3n) is 4.29. The van der Waals surface area contributed by atoms with Crippen molar-refractivity contribution in [2.45, 2.75) is 19.4 Å². The van der Waals surface area contributed by atoms with Crippen molar-refractivity contribution in [2.75, 3.05) is 4.90 Å². The van der Waals surface area contributed by atoms with E-state index in [1.165, 1.54) is 4.90 Å². The van der Waals surface area contributed by atoms with Crippen LogP contribution in [0.25, 0.3) is 11.0 Å². The van der Waals surface area contributed by atoms with Crippen LogP contribution in [-0.4, -0.2) is 21.4 Å². The Balaban J connectivity index is 1.78. The molecule has 0 radical (unpaired) electrons. The van der Waals surface area contributed by atoms with E-state index in [4.69, 9.17) is 11.6 Å². The number of benzene rings is 2. The van der Waals surface area contributed by atoms with Gasteiger partial charge >= 0.3 is 0 Å². The third kappa shape index (κ3) is 2.20. The largest absolute Gasteiger partial charge is 0.315 e. The molecule has 0 aliphatic carbocycles. The predicted molar refractivity (Wildman–Crippen MR) is 92.1 cm³/mol. The fourth-order valence-corrected chi connectivity index (χ4v) is 3.36. The van der Waals surface area contributed by atoms with Crippen LogP contribution in [0.5, 0.6) is 0 Å². The average molecular weight is 340 g/mol. The number of imidazole rings is 1. The molecule has 2 amide bonds. The first-order valence-corrected chi connectivity index (χ1v) is 8.00. The van der Waals surface area contributed by atoms with Crippen molar-refractivity contribution >= 4 is 40.1 Å². The van der Waals surface area contributed by atoms with Gasteiger partial charge in [0.1, 0.15) is 11.9 Å². The summed E-state index contributed by atoms with van der Waals surface area (Å²) in [6.45, 7) is 1.85. The van der Waals surface area contributed by atoms with Gasteiger partial charge in [0.15, 0.2) is 0 Å². The van der Waals surface area contributed by atoms with Gasteiger partial charge in [0.25, 0.3) is 5.91 Å². The van der Waals surface area contributed by atoms with Crippen LogP contribution in [-0.2, 0) is 9.59 Å². The van der Waals surface area contributed by atoms with Crippen LogP contribution in [0.3, 0.4) is 0 Å². The highest BCUT2D eigenvalue weighted by Gasteiger charge is 2.41. The molecule has 2 aromatic carbocycles. The number of anilines is 1. The zero-order valence-electron chi connectivity index (χ0n) is 12.9. The van der Waals surface area contributed by atoms with Crippen molar-refractivity contribution in [1.29, 1.82) is 0 Å². The lowest BCUT2D eigenvalue weighted by Crippen LogP contribution is -2.31.